The second-order valence-corrected chi connectivity index (χ2v) is 5.56. The number of hydrogen-bond acceptors (Lipinski definition) is 4. The van der Waals surface area contributed by atoms with E-state index in [9.17, 15) is 8.42 Å². The van der Waals surface area contributed by atoms with Crippen LogP contribution < -0.4 is 15.2 Å². The predicted molar refractivity (Wildman–Crippen MR) is 68.4 cm³/mol. The van der Waals surface area contributed by atoms with Crippen molar-refractivity contribution < 1.29 is 13.2 Å². The summed E-state index contributed by atoms with van der Waals surface area (Å²) in [6.07, 6.45) is 0.776. The molecule has 0 spiro atoms. The van der Waals surface area contributed by atoms with Gasteiger partial charge in [-0.25, -0.2) is 13.1 Å². The molecule has 0 aliphatic heterocycles. The number of anilines is 1. The van der Waals surface area contributed by atoms with Gasteiger partial charge < -0.3 is 10.5 Å². The Morgan fingerprint density at radius 1 is 1.29 bits per heavy atom. The number of rotatable bonds is 7. The van der Waals surface area contributed by atoms with Crippen LogP contribution >= 0.6 is 0 Å². The van der Waals surface area contributed by atoms with Crippen LogP contribution in [0.4, 0.5) is 5.69 Å². The standard InChI is InChI=1S/C11H18N2O3S/c1-2-7-13-17(14,15)9-8-16-11-5-3-10(12)4-6-11/h3-6,13H,2,7-9,12H2,1H3. The van der Waals surface area contributed by atoms with Gasteiger partial charge in [0.25, 0.3) is 0 Å². The molecular weight excluding hydrogens is 240 g/mol. The highest BCUT2D eigenvalue weighted by atomic mass is 32.2. The molecule has 96 valence electrons. The minimum absolute atomic E-state index is 0.0443. The first-order valence-corrected chi connectivity index (χ1v) is 7.14. The first-order valence-electron chi connectivity index (χ1n) is 5.49. The largest absolute Gasteiger partial charge is 0.492 e. The lowest BCUT2D eigenvalue weighted by molar-refractivity contribution is 0.340. The SMILES string of the molecule is CCCNS(=O)(=O)CCOc1ccc(N)cc1. The number of nitrogens with two attached hydrogens (primary N) is 1. The maximum atomic E-state index is 11.4. The van der Waals surface area contributed by atoms with Crippen molar-refractivity contribution in [2.45, 2.75) is 13.3 Å². The maximum Gasteiger partial charge on any atom is 0.214 e. The van der Waals surface area contributed by atoms with E-state index < -0.39 is 10.0 Å². The van der Waals surface area contributed by atoms with E-state index in [1.807, 2.05) is 6.92 Å². The van der Waals surface area contributed by atoms with Gasteiger partial charge in [0.15, 0.2) is 0 Å². The summed E-state index contributed by atoms with van der Waals surface area (Å²) in [6, 6.07) is 6.83. The third kappa shape index (κ3) is 5.55. The van der Waals surface area contributed by atoms with Crippen molar-refractivity contribution in [3.8, 4) is 5.75 Å². The van der Waals surface area contributed by atoms with E-state index in [2.05, 4.69) is 4.72 Å². The molecule has 0 atom stereocenters. The van der Waals surface area contributed by atoms with E-state index in [1.54, 1.807) is 24.3 Å². The second-order valence-electron chi connectivity index (χ2n) is 3.63. The lowest BCUT2D eigenvalue weighted by Crippen LogP contribution is -2.29. The number of hydrogen-bond donors (Lipinski definition) is 2. The van der Waals surface area contributed by atoms with Crippen LogP contribution in [-0.2, 0) is 10.0 Å². The molecule has 0 saturated heterocycles. The summed E-state index contributed by atoms with van der Waals surface area (Å²) in [4.78, 5) is 0. The van der Waals surface area contributed by atoms with Crippen LogP contribution in [0.2, 0.25) is 0 Å². The number of ether oxygens (including phenoxy) is 1. The van der Waals surface area contributed by atoms with Crippen molar-refractivity contribution >= 4 is 15.7 Å². The van der Waals surface area contributed by atoms with Crippen LogP contribution in [0.25, 0.3) is 0 Å². The Morgan fingerprint density at radius 3 is 2.53 bits per heavy atom. The van der Waals surface area contributed by atoms with E-state index in [4.69, 9.17) is 10.5 Å². The summed E-state index contributed by atoms with van der Waals surface area (Å²) in [7, 11) is -3.22. The highest BCUT2D eigenvalue weighted by Gasteiger charge is 2.08. The summed E-state index contributed by atoms with van der Waals surface area (Å²) in [5.74, 6) is 0.571. The predicted octanol–water partition coefficient (Wildman–Crippen LogP) is 0.977. The number of sulfonamides is 1. The molecule has 0 bridgehead atoms. The van der Waals surface area contributed by atoms with Crippen LogP contribution in [0.3, 0.4) is 0 Å². The van der Waals surface area contributed by atoms with Gasteiger partial charge in [0.2, 0.25) is 10.0 Å². The Morgan fingerprint density at radius 2 is 1.94 bits per heavy atom. The zero-order valence-corrected chi connectivity index (χ0v) is 10.7. The van der Waals surface area contributed by atoms with Gasteiger partial charge in [-0.2, -0.15) is 0 Å². The molecule has 1 aromatic carbocycles. The second kappa shape index (κ2) is 6.46. The third-order valence-corrected chi connectivity index (χ3v) is 3.42. The number of nitrogens with one attached hydrogen (secondary N) is 1. The molecule has 0 aromatic heterocycles. The van der Waals surface area contributed by atoms with Crippen molar-refractivity contribution in [2.75, 3.05) is 24.6 Å². The van der Waals surface area contributed by atoms with Crippen molar-refractivity contribution in [3.63, 3.8) is 0 Å². The van der Waals surface area contributed by atoms with Gasteiger partial charge in [-0.05, 0) is 30.7 Å². The van der Waals surface area contributed by atoms with Crippen LogP contribution in [0.1, 0.15) is 13.3 Å². The summed E-state index contributed by atoms with van der Waals surface area (Å²) < 4.78 is 30.6. The zero-order valence-electron chi connectivity index (χ0n) is 9.85. The quantitative estimate of drug-likeness (QED) is 0.714. The Hall–Kier alpha value is -1.27. The molecule has 3 N–H and O–H groups in total. The fraction of sp³-hybridized carbons (Fsp3) is 0.455. The monoisotopic (exact) mass is 258 g/mol. The molecule has 6 heteroatoms. The van der Waals surface area contributed by atoms with Gasteiger partial charge in [-0.3, -0.25) is 0 Å². The van der Waals surface area contributed by atoms with Crippen molar-refractivity contribution in [2.24, 2.45) is 0 Å². The highest BCUT2D eigenvalue weighted by Crippen LogP contribution is 2.12. The average Bonchev–Trinajstić information content (AvgIpc) is 2.29. The fourth-order valence-corrected chi connectivity index (χ4v) is 2.13. The lowest BCUT2D eigenvalue weighted by Gasteiger charge is -2.07. The molecule has 1 aromatic rings. The molecule has 0 radical (unpaired) electrons. The van der Waals surface area contributed by atoms with Gasteiger partial charge in [0.05, 0.1) is 5.75 Å². The lowest BCUT2D eigenvalue weighted by atomic mass is 10.3. The number of benzene rings is 1. The summed E-state index contributed by atoms with van der Waals surface area (Å²) in [5.41, 5.74) is 6.17. The van der Waals surface area contributed by atoms with E-state index in [0.29, 0.717) is 18.0 Å². The van der Waals surface area contributed by atoms with Crippen molar-refractivity contribution in [1.29, 1.82) is 0 Å². The molecule has 1 rings (SSSR count). The van der Waals surface area contributed by atoms with Crippen LogP contribution in [0.5, 0.6) is 5.75 Å². The molecule has 0 aliphatic carbocycles. The smallest absolute Gasteiger partial charge is 0.214 e. The van der Waals surface area contributed by atoms with Crippen LogP contribution in [-0.4, -0.2) is 27.3 Å². The Labute approximate surface area is 102 Å². The van der Waals surface area contributed by atoms with E-state index >= 15 is 0 Å². The minimum Gasteiger partial charge on any atom is -0.492 e. The Bertz CT molecular complexity index is 429. The van der Waals surface area contributed by atoms with Gasteiger partial charge in [0.1, 0.15) is 12.4 Å². The molecule has 0 aliphatic rings. The van der Waals surface area contributed by atoms with E-state index in [0.717, 1.165) is 6.42 Å². The first kappa shape index (κ1) is 13.8. The van der Waals surface area contributed by atoms with E-state index in [1.165, 1.54) is 0 Å². The summed E-state index contributed by atoms with van der Waals surface area (Å²) in [5, 5.41) is 0. The molecule has 5 nitrogen and oxygen atoms in total. The van der Waals surface area contributed by atoms with Crippen LogP contribution in [0.15, 0.2) is 24.3 Å². The molecule has 0 amide bonds. The molecule has 0 unspecified atom stereocenters. The van der Waals surface area contributed by atoms with Gasteiger partial charge in [-0.15, -0.1) is 0 Å². The molecule has 0 fully saturated rings. The molecule has 17 heavy (non-hydrogen) atoms. The van der Waals surface area contributed by atoms with Gasteiger partial charge in [-0.1, -0.05) is 6.92 Å². The summed E-state index contributed by atoms with van der Waals surface area (Å²) >= 11 is 0. The fourth-order valence-electron chi connectivity index (χ4n) is 1.16. The van der Waals surface area contributed by atoms with Gasteiger partial charge >= 0.3 is 0 Å². The third-order valence-electron chi connectivity index (χ3n) is 2.07. The topological polar surface area (TPSA) is 81.4 Å². The molecular formula is C11H18N2O3S. The van der Waals surface area contributed by atoms with Gasteiger partial charge in [0, 0.05) is 12.2 Å². The summed E-state index contributed by atoms with van der Waals surface area (Å²) in [6.45, 7) is 2.50. The maximum absolute atomic E-state index is 11.4. The normalized spacial score (nSPS) is 11.4. The minimum atomic E-state index is -3.22. The first-order chi connectivity index (χ1) is 8.03. The average molecular weight is 258 g/mol. The van der Waals surface area contributed by atoms with E-state index in [-0.39, 0.29) is 12.4 Å². The highest BCUT2D eigenvalue weighted by molar-refractivity contribution is 7.89. The molecule has 0 saturated carbocycles. The van der Waals surface area contributed by atoms with Crippen molar-refractivity contribution in [3.05, 3.63) is 24.3 Å². The zero-order chi connectivity index (χ0) is 12.7. The van der Waals surface area contributed by atoms with Crippen LogP contribution in [0, 0.1) is 0 Å². The Balaban J connectivity index is 2.34. The van der Waals surface area contributed by atoms with Crippen molar-refractivity contribution in [1.82, 2.24) is 4.72 Å². The Kier molecular flexibility index (Phi) is 5.24. The molecule has 0 heterocycles. The number of nitrogen functional groups attached to an aromatic ring is 1.